The van der Waals surface area contributed by atoms with E-state index in [1.54, 1.807) is 24.3 Å². The van der Waals surface area contributed by atoms with E-state index < -0.39 is 0 Å². The van der Waals surface area contributed by atoms with Gasteiger partial charge in [-0.1, -0.05) is 24.3 Å². The average Bonchev–Trinajstić information content (AvgIpc) is 2.29. The first-order valence-corrected chi connectivity index (χ1v) is 4.64. The fourth-order valence-electron chi connectivity index (χ4n) is 1.07. The van der Waals surface area contributed by atoms with Crippen LogP contribution in [0.3, 0.4) is 0 Å². The molecule has 0 heterocycles. The molecule has 0 aliphatic carbocycles. The molecule has 2 N–H and O–H groups in total. The number of benzene rings is 1. The molecule has 0 aliphatic rings. The van der Waals surface area contributed by atoms with Gasteiger partial charge in [-0.3, -0.25) is 4.79 Å². The molecule has 0 saturated carbocycles. The number of nitrogens with zero attached hydrogens (tertiary/aromatic N) is 1. The Morgan fingerprint density at radius 3 is 2.60 bits per heavy atom. The minimum Gasteiger partial charge on any atom is -0.396 e. The lowest BCUT2D eigenvalue weighted by Gasteiger charge is -2.03. The lowest BCUT2D eigenvalue weighted by atomic mass is 10.2. The molecule has 0 bridgehead atoms. The second-order valence-corrected chi connectivity index (χ2v) is 2.99. The molecule has 0 unspecified atom stereocenters. The molecule has 1 rings (SSSR count). The molecule has 4 nitrogen and oxygen atoms in total. The summed E-state index contributed by atoms with van der Waals surface area (Å²) in [7, 11) is 0. The number of carbonyl (C=O) groups is 1. The molecule has 0 saturated heterocycles. The summed E-state index contributed by atoms with van der Waals surface area (Å²) in [5, 5.41) is 11.2. The predicted octanol–water partition coefficient (Wildman–Crippen LogP) is 1.35. The monoisotopic (exact) mass is 204 g/mol. The molecular formula is C11H12N2O2. The number of aliphatic hydroxyl groups is 1. The predicted molar refractivity (Wildman–Crippen MR) is 56.7 cm³/mol. The first-order chi connectivity index (χ1) is 7.27. The van der Waals surface area contributed by atoms with Gasteiger partial charge >= 0.3 is 0 Å². The first kappa shape index (κ1) is 11.2. The molecule has 0 atom stereocenters. The molecule has 0 fully saturated rings. The summed E-state index contributed by atoms with van der Waals surface area (Å²) >= 11 is 0. The highest BCUT2D eigenvalue weighted by atomic mass is 16.3. The van der Waals surface area contributed by atoms with Crippen LogP contribution in [0.4, 0.5) is 5.69 Å². The Morgan fingerprint density at radius 2 is 2.07 bits per heavy atom. The van der Waals surface area contributed by atoms with Gasteiger partial charge in [0.25, 0.3) is 5.91 Å². The van der Waals surface area contributed by atoms with Crippen molar-refractivity contribution in [3.63, 3.8) is 0 Å². The van der Waals surface area contributed by atoms with Gasteiger partial charge in [-0.25, -0.2) is 4.85 Å². The van der Waals surface area contributed by atoms with Crippen molar-refractivity contribution >= 4 is 11.6 Å². The third-order valence-corrected chi connectivity index (χ3v) is 1.88. The fourth-order valence-corrected chi connectivity index (χ4v) is 1.07. The van der Waals surface area contributed by atoms with Crippen LogP contribution in [0.1, 0.15) is 16.8 Å². The standard InChI is InChI=1S/C11H12N2O2/c1-12-10-5-3-9(4-6-10)11(15)13-7-2-8-14/h3-6,14H,2,7-8H2,(H,13,15). The molecule has 15 heavy (non-hydrogen) atoms. The SMILES string of the molecule is [C-]#[N+]c1ccc(C(=O)NCCCO)cc1. The number of nitrogens with one attached hydrogen (secondary N) is 1. The maximum atomic E-state index is 11.4. The molecule has 4 heteroatoms. The van der Waals surface area contributed by atoms with Crippen LogP contribution in [-0.4, -0.2) is 24.2 Å². The van der Waals surface area contributed by atoms with Crippen molar-refractivity contribution in [2.24, 2.45) is 0 Å². The largest absolute Gasteiger partial charge is 0.396 e. The van der Waals surface area contributed by atoms with E-state index in [-0.39, 0.29) is 12.5 Å². The number of carbonyl (C=O) groups excluding carboxylic acids is 1. The van der Waals surface area contributed by atoms with E-state index in [1.165, 1.54) is 0 Å². The lowest BCUT2D eigenvalue weighted by Crippen LogP contribution is -2.24. The van der Waals surface area contributed by atoms with Crippen LogP contribution in [0, 0.1) is 6.57 Å². The van der Waals surface area contributed by atoms with E-state index in [0.29, 0.717) is 24.2 Å². The third kappa shape index (κ3) is 3.41. The van der Waals surface area contributed by atoms with E-state index in [4.69, 9.17) is 11.7 Å². The van der Waals surface area contributed by atoms with Gasteiger partial charge in [0.1, 0.15) is 0 Å². The van der Waals surface area contributed by atoms with Crippen molar-refractivity contribution in [3.8, 4) is 0 Å². The Labute approximate surface area is 88.4 Å². The summed E-state index contributed by atoms with van der Waals surface area (Å²) in [5.74, 6) is -0.181. The van der Waals surface area contributed by atoms with E-state index in [2.05, 4.69) is 10.2 Å². The topological polar surface area (TPSA) is 53.7 Å². The van der Waals surface area contributed by atoms with Crippen molar-refractivity contribution in [1.29, 1.82) is 0 Å². The Bertz CT molecular complexity index is 365. The minimum absolute atomic E-state index is 0.0664. The van der Waals surface area contributed by atoms with Crippen molar-refractivity contribution in [2.45, 2.75) is 6.42 Å². The van der Waals surface area contributed by atoms with Gasteiger partial charge in [0.2, 0.25) is 0 Å². The molecule has 1 amide bonds. The fraction of sp³-hybridized carbons (Fsp3) is 0.273. The summed E-state index contributed by atoms with van der Waals surface area (Å²) in [6, 6.07) is 6.44. The number of rotatable bonds is 4. The van der Waals surface area contributed by atoms with Gasteiger partial charge in [0.15, 0.2) is 5.69 Å². The van der Waals surface area contributed by atoms with Gasteiger partial charge in [0.05, 0.1) is 6.57 Å². The highest BCUT2D eigenvalue weighted by molar-refractivity contribution is 5.94. The molecule has 1 aromatic rings. The zero-order valence-corrected chi connectivity index (χ0v) is 8.23. The number of hydrogen-bond donors (Lipinski definition) is 2. The first-order valence-electron chi connectivity index (χ1n) is 4.64. The van der Waals surface area contributed by atoms with Crippen LogP contribution < -0.4 is 5.32 Å². The highest BCUT2D eigenvalue weighted by Crippen LogP contribution is 2.12. The number of hydrogen-bond acceptors (Lipinski definition) is 2. The summed E-state index contributed by atoms with van der Waals surface area (Å²) < 4.78 is 0. The van der Waals surface area contributed by atoms with Gasteiger partial charge in [-0.05, 0) is 6.42 Å². The maximum Gasteiger partial charge on any atom is 0.251 e. The molecule has 0 aromatic heterocycles. The van der Waals surface area contributed by atoms with E-state index in [1.807, 2.05) is 0 Å². The van der Waals surface area contributed by atoms with Crippen LogP contribution >= 0.6 is 0 Å². The van der Waals surface area contributed by atoms with E-state index in [0.717, 1.165) is 0 Å². The average molecular weight is 204 g/mol. The van der Waals surface area contributed by atoms with Crippen LogP contribution in [0.5, 0.6) is 0 Å². The Balaban J connectivity index is 2.55. The Morgan fingerprint density at radius 1 is 1.40 bits per heavy atom. The molecule has 1 aromatic carbocycles. The van der Waals surface area contributed by atoms with Crippen LogP contribution in [0.2, 0.25) is 0 Å². The van der Waals surface area contributed by atoms with E-state index in [9.17, 15) is 4.79 Å². The summed E-state index contributed by atoms with van der Waals surface area (Å²) in [6.07, 6.45) is 0.547. The van der Waals surface area contributed by atoms with Crippen molar-refractivity contribution in [3.05, 3.63) is 41.2 Å². The smallest absolute Gasteiger partial charge is 0.251 e. The quantitative estimate of drug-likeness (QED) is 0.574. The molecule has 78 valence electrons. The number of aliphatic hydroxyl groups excluding tert-OH is 1. The second-order valence-electron chi connectivity index (χ2n) is 2.99. The lowest BCUT2D eigenvalue weighted by molar-refractivity contribution is 0.0951. The summed E-state index contributed by atoms with van der Waals surface area (Å²) in [6.45, 7) is 7.28. The normalized spacial score (nSPS) is 9.33. The second kappa shape index (κ2) is 5.78. The van der Waals surface area contributed by atoms with Crippen LogP contribution in [-0.2, 0) is 0 Å². The summed E-state index contributed by atoms with van der Waals surface area (Å²) in [5.41, 5.74) is 1.04. The molecule has 0 aliphatic heterocycles. The highest BCUT2D eigenvalue weighted by Gasteiger charge is 2.03. The molecule has 0 radical (unpaired) electrons. The van der Waals surface area contributed by atoms with Crippen molar-refractivity contribution in [2.75, 3.05) is 13.2 Å². The van der Waals surface area contributed by atoms with Crippen LogP contribution in [0.25, 0.3) is 4.85 Å². The zero-order chi connectivity index (χ0) is 11.1. The summed E-state index contributed by atoms with van der Waals surface area (Å²) in [4.78, 5) is 14.7. The van der Waals surface area contributed by atoms with Gasteiger partial charge in [-0.15, -0.1) is 0 Å². The van der Waals surface area contributed by atoms with Gasteiger partial charge in [-0.2, -0.15) is 0 Å². The van der Waals surface area contributed by atoms with Crippen molar-refractivity contribution in [1.82, 2.24) is 5.32 Å². The Kier molecular flexibility index (Phi) is 4.32. The number of amides is 1. The molecular weight excluding hydrogens is 192 g/mol. The third-order valence-electron chi connectivity index (χ3n) is 1.88. The zero-order valence-electron chi connectivity index (χ0n) is 8.23. The molecule has 0 spiro atoms. The Hall–Kier alpha value is -1.86. The minimum atomic E-state index is -0.181. The van der Waals surface area contributed by atoms with Gasteiger partial charge in [0, 0.05) is 18.7 Å². The maximum absolute atomic E-state index is 11.4. The van der Waals surface area contributed by atoms with Crippen LogP contribution in [0.15, 0.2) is 24.3 Å². The van der Waals surface area contributed by atoms with Crippen molar-refractivity contribution < 1.29 is 9.90 Å². The van der Waals surface area contributed by atoms with Gasteiger partial charge < -0.3 is 10.4 Å². The van der Waals surface area contributed by atoms with E-state index >= 15 is 0 Å².